The second kappa shape index (κ2) is 8.17. The number of amides is 1. The molecule has 5 heteroatoms. The van der Waals surface area contributed by atoms with E-state index in [9.17, 15) is 9.18 Å². The fourth-order valence-electron chi connectivity index (χ4n) is 3.98. The normalized spacial score (nSPS) is 25.2. The molecular formula is C20H30FN3O. The summed E-state index contributed by atoms with van der Waals surface area (Å²) in [7, 11) is 0. The molecule has 2 fully saturated rings. The molecule has 3 rings (SSSR count). The fourth-order valence-corrected chi connectivity index (χ4v) is 3.98. The summed E-state index contributed by atoms with van der Waals surface area (Å²) in [5.74, 6) is 0.318. The molecule has 0 bridgehead atoms. The van der Waals surface area contributed by atoms with E-state index >= 15 is 0 Å². The smallest absolute Gasteiger partial charge is 0.225 e. The summed E-state index contributed by atoms with van der Waals surface area (Å²) in [6, 6.07) is 7.46. The number of rotatable bonds is 4. The van der Waals surface area contributed by atoms with Gasteiger partial charge in [-0.2, -0.15) is 0 Å². The van der Waals surface area contributed by atoms with Crippen molar-refractivity contribution in [2.24, 2.45) is 5.92 Å². The van der Waals surface area contributed by atoms with Gasteiger partial charge in [0.05, 0.1) is 0 Å². The van der Waals surface area contributed by atoms with Crippen LogP contribution in [-0.4, -0.2) is 54.0 Å². The van der Waals surface area contributed by atoms with Crippen LogP contribution in [0.1, 0.15) is 39.5 Å². The molecule has 25 heavy (non-hydrogen) atoms. The minimum atomic E-state index is -0.211. The molecule has 0 aromatic heterocycles. The minimum absolute atomic E-state index is 0.178. The van der Waals surface area contributed by atoms with E-state index < -0.39 is 0 Å². The lowest BCUT2D eigenvalue weighted by molar-refractivity contribution is -0.138. The van der Waals surface area contributed by atoms with Crippen molar-refractivity contribution < 1.29 is 9.18 Å². The third-order valence-electron chi connectivity index (χ3n) is 5.65. The first-order valence-electron chi connectivity index (χ1n) is 9.58. The lowest BCUT2D eigenvalue weighted by Gasteiger charge is -2.39. The van der Waals surface area contributed by atoms with Crippen LogP contribution in [0.25, 0.3) is 0 Å². The van der Waals surface area contributed by atoms with E-state index in [1.54, 1.807) is 12.1 Å². The summed E-state index contributed by atoms with van der Waals surface area (Å²) in [4.78, 5) is 17.3. The molecule has 4 nitrogen and oxygen atoms in total. The highest BCUT2D eigenvalue weighted by Crippen LogP contribution is 2.28. The lowest BCUT2D eigenvalue weighted by atomic mass is 9.85. The first-order chi connectivity index (χ1) is 12.0. The topological polar surface area (TPSA) is 35.6 Å². The Hall–Kier alpha value is -1.62. The van der Waals surface area contributed by atoms with Gasteiger partial charge < -0.3 is 10.2 Å². The maximum absolute atomic E-state index is 13.0. The number of hydrogen-bond donors (Lipinski definition) is 1. The number of carbonyl (C=O) groups excluding carboxylic acids is 1. The maximum Gasteiger partial charge on any atom is 0.225 e. The highest BCUT2D eigenvalue weighted by Gasteiger charge is 2.31. The summed E-state index contributed by atoms with van der Waals surface area (Å²) < 4.78 is 13.0. The Balaban J connectivity index is 1.44. The number of benzene rings is 1. The van der Waals surface area contributed by atoms with Crippen molar-refractivity contribution in [2.45, 2.75) is 51.6 Å². The zero-order chi connectivity index (χ0) is 17.8. The van der Waals surface area contributed by atoms with Gasteiger partial charge in [0.15, 0.2) is 0 Å². The zero-order valence-electron chi connectivity index (χ0n) is 15.4. The van der Waals surface area contributed by atoms with Gasteiger partial charge in [0, 0.05) is 49.9 Å². The Bertz CT molecular complexity index is 559. The molecule has 1 saturated heterocycles. The number of hydrogen-bond acceptors (Lipinski definition) is 3. The van der Waals surface area contributed by atoms with Crippen molar-refractivity contribution >= 4 is 11.6 Å². The van der Waals surface area contributed by atoms with Crippen molar-refractivity contribution in [3.8, 4) is 0 Å². The molecule has 1 aromatic carbocycles. The van der Waals surface area contributed by atoms with Crippen LogP contribution in [0.3, 0.4) is 0 Å². The molecule has 1 aliphatic heterocycles. The van der Waals surface area contributed by atoms with Crippen LogP contribution >= 0.6 is 0 Å². The Morgan fingerprint density at radius 3 is 2.20 bits per heavy atom. The Morgan fingerprint density at radius 2 is 1.64 bits per heavy atom. The molecule has 1 aromatic rings. The molecule has 1 N–H and O–H groups in total. The molecule has 1 amide bonds. The second-order valence-electron chi connectivity index (χ2n) is 7.65. The highest BCUT2D eigenvalue weighted by molar-refractivity contribution is 5.79. The summed E-state index contributed by atoms with van der Waals surface area (Å²) in [6.45, 7) is 8.14. The van der Waals surface area contributed by atoms with Gasteiger partial charge in [-0.3, -0.25) is 9.69 Å². The largest absolute Gasteiger partial charge is 0.382 e. The van der Waals surface area contributed by atoms with Gasteiger partial charge in [0.1, 0.15) is 5.82 Å². The van der Waals surface area contributed by atoms with Crippen LogP contribution in [0.4, 0.5) is 10.1 Å². The zero-order valence-corrected chi connectivity index (χ0v) is 15.4. The fraction of sp³-hybridized carbons (Fsp3) is 0.650. The SMILES string of the molecule is CC(C)N1CCN(C(=O)C2CCC(Nc3ccc(F)cc3)CC2)CC1. The molecule has 0 radical (unpaired) electrons. The van der Waals surface area contributed by atoms with Crippen molar-refractivity contribution in [1.82, 2.24) is 9.80 Å². The average molecular weight is 347 g/mol. The van der Waals surface area contributed by atoms with Crippen molar-refractivity contribution in [3.05, 3.63) is 30.1 Å². The van der Waals surface area contributed by atoms with Crippen molar-refractivity contribution in [2.75, 3.05) is 31.5 Å². The monoisotopic (exact) mass is 347 g/mol. The number of carbonyl (C=O) groups is 1. The third-order valence-corrected chi connectivity index (χ3v) is 5.65. The van der Waals surface area contributed by atoms with E-state index in [1.807, 2.05) is 0 Å². The van der Waals surface area contributed by atoms with Gasteiger partial charge in [-0.15, -0.1) is 0 Å². The molecule has 2 aliphatic rings. The number of anilines is 1. The van der Waals surface area contributed by atoms with E-state index in [4.69, 9.17) is 0 Å². The average Bonchev–Trinajstić information content (AvgIpc) is 2.64. The lowest BCUT2D eigenvalue weighted by Crippen LogP contribution is -2.52. The van der Waals surface area contributed by atoms with Crippen molar-refractivity contribution in [3.63, 3.8) is 0 Å². The van der Waals surface area contributed by atoms with Gasteiger partial charge in [0.25, 0.3) is 0 Å². The van der Waals surface area contributed by atoms with E-state index in [2.05, 4.69) is 29.0 Å². The van der Waals surface area contributed by atoms with Gasteiger partial charge in [-0.05, 0) is 63.8 Å². The number of nitrogens with one attached hydrogen (secondary N) is 1. The van der Waals surface area contributed by atoms with Crippen LogP contribution in [0.5, 0.6) is 0 Å². The number of piperazine rings is 1. The van der Waals surface area contributed by atoms with E-state index in [-0.39, 0.29) is 11.7 Å². The minimum Gasteiger partial charge on any atom is -0.382 e. The Morgan fingerprint density at radius 1 is 1.04 bits per heavy atom. The maximum atomic E-state index is 13.0. The van der Waals surface area contributed by atoms with Crippen LogP contribution in [0.15, 0.2) is 24.3 Å². The number of nitrogens with zero attached hydrogens (tertiary/aromatic N) is 2. The number of halogens is 1. The first kappa shape index (κ1) is 18.2. The predicted octanol–water partition coefficient (Wildman–Crippen LogP) is 3.35. The first-order valence-corrected chi connectivity index (χ1v) is 9.58. The standard InChI is InChI=1S/C20H30FN3O/c1-15(2)23-11-13-24(14-12-23)20(25)16-3-7-18(8-4-16)22-19-9-5-17(21)6-10-19/h5-6,9-10,15-16,18,22H,3-4,7-8,11-14H2,1-2H3. The highest BCUT2D eigenvalue weighted by atomic mass is 19.1. The van der Waals surface area contributed by atoms with Gasteiger partial charge in [-0.1, -0.05) is 0 Å². The van der Waals surface area contributed by atoms with E-state index in [0.717, 1.165) is 57.5 Å². The van der Waals surface area contributed by atoms with Crippen molar-refractivity contribution in [1.29, 1.82) is 0 Å². The summed E-state index contributed by atoms with van der Waals surface area (Å²) in [5.41, 5.74) is 0.959. The predicted molar refractivity (Wildman–Crippen MR) is 99.1 cm³/mol. The molecule has 1 aliphatic carbocycles. The Kier molecular flexibility index (Phi) is 5.94. The quantitative estimate of drug-likeness (QED) is 0.907. The molecule has 0 spiro atoms. The van der Waals surface area contributed by atoms with Crippen LogP contribution in [0, 0.1) is 11.7 Å². The van der Waals surface area contributed by atoms with E-state index in [0.29, 0.717) is 18.0 Å². The van der Waals surface area contributed by atoms with Crippen LogP contribution in [0.2, 0.25) is 0 Å². The molecule has 0 unspecified atom stereocenters. The molecule has 1 saturated carbocycles. The third kappa shape index (κ3) is 4.72. The summed E-state index contributed by atoms with van der Waals surface area (Å²) in [6.07, 6.45) is 3.89. The second-order valence-corrected chi connectivity index (χ2v) is 7.65. The van der Waals surface area contributed by atoms with E-state index in [1.165, 1.54) is 12.1 Å². The van der Waals surface area contributed by atoms with Gasteiger partial charge >= 0.3 is 0 Å². The van der Waals surface area contributed by atoms with Gasteiger partial charge in [-0.25, -0.2) is 4.39 Å². The molecule has 0 atom stereocenters. The Labute approximate surface area is 150 Å². The molecule has 138 valence electrons. The summed E-state index contributed by atoms with van der Waals surface area (Å²) in [5, 5.41) is 3.47. The van der Waals surface area contributed by atoms with Gasteiger partial charge in [0.2, 0.25) is 5.91 Å². The van der Waals surface area contributed by atoms with Crippen LogP contribution < -0.4 is 5.32 Å². The molecule has 1 heterocycles. The molecular weight excluding hydrogens is 317 g/mol. The van der Waals surface area contributed by atoms with Crippen LogP contribution in [-0.2, 0) is 4.79 Å². The summed E-state index contributed by atoms with van der Waals surface area (Å²) >= 11 is 0.